The van der Waals surface area contributed by atoms with E-state index in [0.29, 0.717) is 5.75 Å². The highest BCUT2D eigenvalue weighted by Gasteiger charge is 2.30. The highest BCUT2D eigenvalue weighted by Crippen LogP contribution is 2.29. The fraction of sp³-hybridized carbons (Fsp3) is 0.222. The third-order valence-corrected chi connectivity index (χ3v) is 5.04. The predicted molar refractivity (Wildman–Crippen MR) is 99.5 cm³/mol. The van der Waals surface area contributed by atoms with Gasteiger partial charge in [-0.3, -0.25) is 0 Å². The molecule has 0 aromatic heterocycles. The zero-order valence-electron chi connectivity index (χ0n) is 13.9. The average molecular weight is 462 g/mol. The standard InChI is InChI=1S/C18H15BrF3NO3S/c19-16-4-3-5-17(12-16)26-11-2-1-10-23-27(24,25)13-14-6-8-15(9-7-14)18(20,21)22/h3-9,12,23H,10-11,13H2. The molecule has 0 saturated heterocycles. The first kappa shape index (κ1) is 21.3. The molecule has 9 heteroatoms. The van der Waals surface area contributed by atoms with E-state index in [9.17, 15) is 21.6 Å². The Labute approximate surface area is 163 Å². The van der Waals surface area contributed by atoms with Gasteiger partial charge in [-0.25, -0.2) is 13.1 Å². The minimum atomic E-state index is -4.46. The molecule has 2 aromatic rings. The molecule has 0 aliphatic heterocycles. The Kier molecular flexibility index (Phi) is 7.30. The number of sulfonamides is 1. The van der Waals surface area contributed by atoms with Gasteiger partial charge in [-0.2, -0.15) is 13.2 Å². The van der Waals surface area contributed by atoms with Crippen LogP contribution in [-0.4, -0.2) is 21.6 Å². The third-order valence-electron chi connectivity index (χ3n) is 3.25. The molecule has 1 N–H and O–H groups in total. The number of nitrogens with one attached hydrogen (secondary N) is 1. The molecular weight excluding hydrogens is 447 g/mol. The Morgan fingerprint density at radius 3 is 2.41 bits per heavy atom. The Balaban J connectivity index is 1.80. The van der Waals surface area contributed by atoms with Gasteiger partial charge < -0.3 is 4.74 Å². The zero-order valence-corrected chi connectivity index (χ0v) is 16.3. The van der Waals surface area contributed by atoms with Crippen LogP contribution in [0.2, 0.25) is 0 Å². The van der Waals surface area contributed by atoms with E-state index >= 15 is 0 Å². The second kappa shape index (κ2) is 9.26. The van der Waals surface area contributed by atoms with Gasteiger partial charge in [0, 0.05) is 4.47 Å². The van der Waals surface area contributed by atoms with Crippen LogP contribution >= 0.6 is 15.9 Å². The van der Waals surface area contributed by atoms with Crippen molar-refractivity contribution in [3.8, 4) is 17.6 Å². The lowest BCUT2D eigenvalue weighted by Gasteiger charge is -2.08. The van der Waals surface area contributed by atoms with Gasteiger partial charge in [0.25, 0.3) is 0 Å². The van der Waals surface area contributed by atoms with Crippen LogP contribution in [0.5, 0.6) is 5.75 Å². The SMILES string of the molecule is O=S(=O)(Cc1ccc(C(F)(F)F)cc1)NCC#CCOc1cccc(Br)c1. The largest absolute Gasteiger partial charge is 0.481 e. The molecule has 144 valence electrons. The highest BCUT2D eigenvalue weighted by atomic mass is 79.9. The Bertz CT molecular complexity index is 933. The first-order chi connectivity index (χ1) is 12.7. The van der Waals surface area contributed by atoms with Crippen LogP contribution in [0.4, 0.5) is 13.2 Å². The maximum Gasteiger partial charge on any atom is 0.416 e. The lowest BCUT2D eigenvalue weighted by molar-refractivity contribution is -0.137. The quantitative estimate of drug-likeness (QED) is 0.662. The van der Waals surface area contributed by atoms with Crippen molar-refractivity contribution in [2.24, 2.45) is 0 Å². The Hall–Kier alpha value is -2.02. The highest BCUT2D eigenvalue weighted by molar-refractivity contribution is 9.10. The van der Waals surface area contributed by atoms with Crippen molar-refractivity contribution < 1.29 is 26.3 Å². The summed E-state index contributed by atoms with van der Waals surface area (Å²) in [5.41, 5.74) is -0.575. The molecule has 4 nitrogen and oxygen atoms in total. The van der Waals surface area contributed by atoms with Gasteiger partial charge in [0.15, 0.2) is 0 Å². The van der Waals surface area contributed by atoms with Crippen molar-refractivity contribution in [3.05, 3.63) is 64.1 Å². The smallest absolute Gasteiger partial charge is 0.416 e. The minimum Gasteiger partial charge on any atom is -0.481 e. The third kappa shape index (κ3) is 7.62. The van der Waals surface area contributed by atoms with Crippen LogP contribution in [0, 0.1) is 11.8 Å². The average Bonchev–Trinajstić information content (AvgIpc) is 2.57. The van der Waals surface area contributed by atoms with Crippen LogP contribution in [0.15, 0.2) is 53.0 Å². The molecule has 0 spiro atoms. The van der Waals surface area contributed by atoms with E-state index < -0.39 is 27.5 Å². The van der Waals surface area contributed by atoms with Gasteiger partial charge >= 0.3 is 6.18 Å². The van der Waals surface area contributed by atoms with Crippen LogP contribution < -0.4 is 9.46 Å². The summed E-state index contributed by atoms with van der Waals surface area (Å²) >= 11 is 3.31. The molecule has 0 aliphatic rings. The molecule has 0 atom stereocenters. The number of hydrogen-bond acceptors (Lipinski definition) is 3. The molecule has 0 aliphatic carbocycles. The summed E-state index contributed by atoms with van der Waals surface area (Å²) < 4.78 is 69.9. The van der Waals surface area contributed by atoms with Gasteiger partial charge in [0.1, 0.15) is 12.4 Å². The number of alkyl halides is 3. The molecule has 0 unspecified atom stereocenters. The summed E-state index contributed by atoms with van der Waals surface area (Å²) in [6.45, 7) is -0.0259. The summed E-state index contributed by atoms with van der Waals surface area (Å²) in [4.78, 5) is 0. The van der Waals surface area contributed by atoms with Crippen LogP contribution in [-0.2, 0) is 22.0 Å². The molecule has 2 aromatic carbocycles. The number of benzene rings is 2. The maximum absolute atomic E-state index is 12.5. The molecule has 0 radical (unpaired) electrons. The topological polar surface area (TPSA) is 55.4 Å². The molecule has 0 bridgehead atoms. The van der Waals surface area contributed by atoms with Crippen molar-refractivity contribution in [2.45, 2.75) is 11.9 Å². The fourth-order valence-electron chi connectivity index (χ4n) is 2.00. The van der Waals surface area contributed by atoms with Gasteiger partial charge in [0.2, 0.25) is 10.0 Å². The van der Waals surface area contributed by atoms with E-state index in [1.54, 1.807) is 12.1 Å². The number of halogens is 4. The monoisotopic (exact) mass is 461 g/mol. The second-order valence-corrected chi connectivity index (χ2v) is 8.10. The maximum atomic E-state index is 12.5. The lowest BCUT2D eigenvalue weighted by Crippen LogP contribution is -2.25. The summed E-state index contributed by atoms with van der Waals surface area (Å²) in [7, 11) is -3.71. The van der Waals surface area contributed by atoms with Crippen LogP contribution in [0.3, 0.4) is 0 Å². The summed E-state index contributed by atoms with van der Waals surface area (Å²) in [6.07, 6.45) is -4.46. The molecular formula is C18H15BrF3NO3S. The molecule has 27 heavy (non-hydrogen) atoms. The summed E-state index contributed by atoms with van der Waals surface area (Å²) in [5, 5.41) is 0. The zero-order chi connectivity index (χ0) is 19.9. The van der Waals surface area contributed by atoms with Crippen LogP contribution in [0.1, 0.15) is 11.1 Å². The molecule has 0 amide bonds. The second-order valence-electron chi connectivity index (χ2n) is 5.37. The molecule has 0 heterocycles. The number of hydrogen-bond donors (Lipinski definition) is 1. The molecule has 2 rings (SSSR count). The summed E-state index contributed by atoms with van der Waals surface area (Å²) in [5.74, 6) is 5.49. The van der Waals surface area contributed by atoms with Crippen molar-refractivity contribution in [2.75, 3.05) is 13.2 Å². The van der Waals surface area contributed by atoms with Gasteiger partial charge in [-0.15, -0.1) is 0 Å². The van der Waals surface area contributed by atoms with Gasteiger partial charge in [-0.1, -0.05) is 46.0 Å². The molecule has 0 saturated carbocycles. The van der Waals surface area contributed by atoms with Crippen LogP contribution in [0.25, 0.3) is 0 Å². The van der Waals surface area contributed by atoms with Crippen molar-refractivity contribution in [3.63, 3.8) is 0 Å². The van der Waals surface area contributed by atoms with E-state index in [1.165, 1.54) is 0 Å². The number of ether oxygens (including phenoxy) is 1. The van der Waals surface area contributed by atoms with E-state index in [1.807, 2.05) is 12.1 Å². The van der Waals surface area contributed by atoms with E-state index in [0.717, 1.165) is 28.7 Å². The van der Waals surface area contributed by atoms with E-state index in [4.69, 9.17) is 4.74 Å². The normalized spacial score (nSPS) is 11.6. The Morgan fingerprint density at radius 2 is 1.78 bits per heavy atom. The van der Waals surface area contributed by atoms with Gasteiger partial charge in [-0.05, 0) is 35.9 Å². The minimum absolute atomic E-state index is 0.0943. The summed E-state index contributed by atoms with van der Waals surface area (Å²) in [6, 6.07) is 11.2. The van der Waals surface area contributed by atoms with E-state index in [-0.39, 0.29) is 18.7 Å². The van der Waals surface area contributed by atoms with Crippen molar-refractivity contribution >= 4 is 26.0 Å². The number of rotatable bonds is 6. The van der Waals surface area contributed by atoms with Gasteiger partial charge in [0.05, 0.1) is 17.9 Å². The van der Waals surface area contributed by atoms with E-state index in [2.05, 4.69) is 32.5 Å². The van der Waals surface area contributed by atoms with Crippen molar-refractivity contribution in [1.82, 2.24) is 4.72 Å². The Morgan fingerprint density at radius 1 is 1.07 bits per heavy atom. The first-order valence-electron chi connectivity index (χ1n) is 7.63. The fourth-order valence-corrected chi connectivity index (χ4v) is 3.40. The van der Waals surface area contributed by atoms with Crippen molar-refractivity contribution in [1.29, 1.82) is 0 Å². The molecule has 0 fully saturated rings. The lowest BCUT2D eigenvalue weighted by atomic mass is 10.1. The predicted octanol–water partition coefficient (Wildman–Crippen LogP) is 3.97. The first-order valence-corrected chi connectivity index (χ1v) is 10.1.